The summed E-state index contributed by atoms with van der Waals surface area (Å²) in [5.74, 6) is 1.21. The van der Waals surface area contributed by atoms with Crippen LogP contribution in [0.4, 0.5) is 5.69 Å². The van der Waals surface area contributed by atoms with Gasteiger partial charge in [-0.3, -0.25) is 4.79 Å². The van der Waals surface area contributed by atoms with Crippen LogP contribution in [0.5, 0.6) is 11.5 Å². The summed E-state index contributed by atoms with van der Waals surface area (Å²) in [4.78, 5) is 12.3. The molecule has 0 saturated heterocycles. The predicted octanol–water partition coefficient (Wildman–Crippen LogP) is 3.22. The average Bonchev–Trinajstić information content (AvgIpc) is 3.06. The molecule has 5 heteroatoms. The molecule has 0 spiro atoms. The van der Waals surface area contributed by atoms with Gasteiger partial charge in [0.05, 0.1) is 5.56 Å². The lowest BCUT2D eigenvalue weighted by molar-refractivity contribution is 0.102. The number of carbonyl (C=O) groups excluding carboxylic acids is 1. The van der Waals surface area contributed by atoms with Crippen molar-refractivity contribution in [2.75, 3.05) is 12.1 Å². The van der Waals surface area contributed by atoms with E-state index < -0.39 is 0 Å². The van der Waals surface area contributed by atoms with Crippen molar-refractivity contribution < 1.29 is 14.3 Å². The van der Waals surface area contributed by atoms with Gasteiger partial charge in [0.2, 0.25) is 6.79 Å². The Morgan fingerprint density at radius 2 is 1.95 bits per heavy atom. The van der Waals surface area contributed by atoms with Gasteiger partial charge in [-0.05, 0) is 39.0 Å². The fourth-order valence-corrected chi connectivity index (χ4v) is 2.13. The zero-order chi connectivity index (χ0) is 15.0. The Kier molecular flexibility index (Phi) is 3.12. The normalized spacial score (nSPS) is 13.3. The van der Waals surface area contributed by atoms with Crippen LogP contribution in [0, 0.1) is 0 Å². The highest BCUT2D eigenvalue weighted by atomic mass is 16.7. The number of amides is 1. The van der Waals surface area contributed by atoms with Gasteiger partial charge in [-0.15, -0.1) is 0 Å². The number of aromatic nitrogens is 1. The van der Waals surface area contributed by atoms with Crippen LogP contribution in [-0.2, 0) is 5.54 Å². The van der Waals surface area contributed by atoms with Crippen molar-refractivity contribution in [1.29, 1.82) is 0 Å². The maximum atomic E-state index is 12.3. The van der Waals surface area contributed by atoms with Crippen LogP contribution in [0.15, 0.2) is 36.7 Å². The third-order valence-corrected chi connectivity index (χ3v) is 3.36. The molecule has 0 aliphatic carbocycles. The first-order valence-corrected chi connectivity index (χ1v) is 6.83. The summed E-state index contributed by atoms with van der Waals surface area (Å²) in [7, 11) is 0. The van der Waals surface area contributed by atoms with Crippen molar-refractivity contribution in [3.63, 3.8) is 0 Å². The minimum Gasteiger partial charge on any atom is -0.454 e. The Bertz CT molecular complexity index is 683. The summed E-state index contributed by atoms with van der Waals surface area (Å²) in [5, 5.41) is 2.86. The van der Waals surface area contributed by atoms with Crippen molar-refractivity contribution in [3.05, 3.63) is 42.2 Å². The van der Waals surface area contributed by atoms with Crippen molar-refractivity contribution in [2.45, 2.75) is 26.3 Å². The fraction of sp³-hybridized carbons (Fsp3) is 0.312. The van der Waals surface area contributed by atoms with Gasteiger partial charge >= 0.3 is 0 Å². The van der Waals surface area contributed by atoms with E-state index >= 15 is 0 Å². The quantitative estimate of drug-likeness (QED) is 0.922. The van der Waals surface area contributed by atoms with E-state index in [2.05, 4.69) is 26.1 Å². The first-order chi connectivity index (χ1) is 9.93. The van der Waals surface area contributed by atoms with Crippen molar-refractivity contribution in [2.24, 2.45) is 0 Å². The molecule has 110 valence electrons. The predicted molar refractivity (Wildman–Crippen MR) is 79.9 cm³/mol. The Hall–Kier alpha value is -2.43. The molecule has 1 aliphatic heterocycles. The van der Waals surface area contributed by atoms with E-state index in [0.29, 0.717) is 22.7 Å². The molecule has 1 N–H and O–H groups in total. The van der Waals surface area contributed by atoms with E-state index in [9.17, 15) is 4.79 Å². The van der Waals surface area contributed by atoms with Gasteiger partial charge in [0, 0.05) is 29.7 Å². The number of nitrogens with zero attached hydrogens (tertiary/aromatic N) is 1. The summed E-state index contributed by atoms with van der Waals surface area (Å²) in [5.41, 5.74) is 1.27. The van der Waals surface area contributed by atoms with Gasteiger partial charge in [-0.2, -0.15) is 0 Å². The smallest absolute Gasteiger partial charge is 0.257 e. The molecular weight excluding hydrogens is 268 g/mol. The van der Waals surface area contributed by atoms with Crippen LogP contribution in [0.25, 0.3) is 0 Å². The maximum absolute atomic E-state index is 12.3. The number of ether oxygens (including phenoxy) is 2. The molecule has 1 aliphatic rings. The van der Waals surface area contributed by atoms with E-state index in [-0.39, 0.29) is 18.2 Å². The number of benzene rings is 1. The summed E-state index contributed by atoms with van der Waals surface area (Å²) in [6.07, 6.45) is 3.76. The number of carbonyl (C=O) groups is 1. The third-order valence-electron chi connectivity index (χ3n) is 3.36. The first-order valence-electron chi connectivity index (χ1n) is 6.83. The largest absolute Gasteiger partial charge is 0.454 e. The molecule has 0 atom stereocenters. The van der Waals surface area contributed by atoms with Crippen LogP contribution in [0.3, 0.4) is 0 Å². The summed E-state index contributed by atoms with van der Waals surface area (Å²) in [6, 6.07) is 7.17. The molecule has 1 amide bonds. The molecule has 0 saturated carbocycles. The van der Waals surface area contributed by atoms with Crippen LogP contribution < -0.4 is 14.8 Å². The van der Waals surface area contributed by atoms with E-state index in [1.807, 2.05) is 23.0 Å². The number of fused-ring (bicyclic) bond motifs is 1. The van der Waals surface area contributed by atoms with E-state index in [4.69, 9.17) is 9.47 Å². The minimum atomic E-state index is -0.142. The van der Waals surface area contributed by atoms with Gasteiger partial charge in [-0.1, -0.05) is 0 Å². The van der Waals surface area contributed by atoms with Crippen molar-refractivity contribution >= 4 is 11.6 Å². The molecule has 2 heterocycles. The molecule has 0 radical (unpaired) electrons. The topological polar surface area (TPSA) is 52.5 Å². The number of rotatable bonds is 2. The highest BCUT2D eigenvalue weighted by Crippen LogP contribution is 2.34. The van der Waals surface area contributed by atoms with E-state index in [1.54, 1.807) is 18.2 Å². The SMILES string of the molecule is CC(C)(C)n1ccc(C(=O)Nc2ccc3c(c2)OCO3)c1. The highest BCUT2D eigenvalue weighted by molar-refractivity contribution is 6.04. The molecule has 2 aromatic rings. The monoisotopic (exact) mass is 286 g/mol. The number of anilines is 1. The molecule has 1 aromatic carbocycles. The Morgan fingerprint density at radius 1 is 1.19 bits per heavy atom. The van der Waals surface area contributed by atoms with Gasteiger partial charge in [0.15, 0.2) is 11.5 Å². The molecule has 21 heavy (non-hydrogen) atoms. The second-order valence-electron chi connectivity index (χ2n) is 6.00. The van der Waals surface area contributed by atoms with Crippen molar-refractivity contribution in [3.8, 4) is 11.5 Å². The van der Waals surface area contributed by atoms with Gasteiger partial charge in [0.25, 0.3) is 5.91 Å². The minimum absolute atomic E-state index is 0.0444. The van der Waals surface area contributed by atoms with E-state index in [0.717, 1.165) is 0 Å². The van der Waals surface area contributed by atoms with Crippen LogP contribution in [0.2, 0.25) is 0 Å². The van der Waals surface area contributed by atoms with Crippen LogP contribution >= 0.6 is 0 Å². The highest BCUT2D eigenvalue weighted by Gasteiger charge is 2.17. The second-order valence-corrected chi connectivity index (χ2v) is 6.00. The molecular formula is C16H18N2O3. The molecule has 0 unspecified atom stereocenters. The standard InChI is InChI=1S/C16H18N2O3/c1-16(2,3)18-7-6-11(9-18)15(19)17-12-4-5-13-14(8-12)21-10-20-13/h4-9H,10H2,1-3H3,(H,17,19). The Balaban J connectivity index is 1.76. The zero-order valence-electron chi connectivity index (χ0n) is 12.3. The Morgan fingerprint density at radius 3 is 2.67 bits per heavy atom. The lowest BCUT2D eigenvalue weighted by Crippen LogP contribution is -2.20. The molecule has 3 rings (SSSR count). The lowest BCUT2D eigenvalue weighted by atomic mass is 10.1. The number of hydrogen-bond donors (Lipinski definition) is 1. The number of nitrogens with one attached hydrogen (secondary N) is 1. The van der Waals surface area contributed by atoms with Crippen LogP contribution in [0.1, 0.15) is 31.1 Å². The molecule has 0 fully saturated rings. The summed E-state index contributed by atoms with van der Waals surface area (Å²) < 4.78 is 12.6. The van der Waals surface area contributed by atoms with E-state index in [1.165, 1.54) is 0 Å². The molecule has 5 nitrogen and oxygen atoms in total. The maximum Gasteiger partial charge on any atom is 0.257 e. The average molecular weight is 286 g/mol. The molecule has 1 aromatic heterocycles. The zero-order valence-corrected chi connectivity index (χ0v) is 12.3. The second kappa shape index (κ2) is 4.84. The lowest BCUT2D eigenvalue weighted by Gasteiger charge is -2.20. The fourth-order valence-electron chi connectivity index (χ4n) is 2.13. The third kappa shape index (κ3) is 2.72. The Labute approximate surface area is 123 Å². The first kappa shape index (κ1) is 13.5. The van der Waals surface area contributed by atoms with Crippen LogP contribution in [-0.4, -0.2) is 17.3 Å². The van der Waals surface area contributed by atoms with Gasteiger partial charge in [-0.25, -0.2) is 0 Å². The van der Waals surface area contributed by atoms with Gasteiger partial charge in [0.1, 0.15) is 0 Å². The number of hydrogen-bond acceptors (Lipinski definition) is 3. The summed E-state index contributed by atoms with van der Waals surface area (Å²) >= 11 is 0. The summed E-state index contributed by atoms with van der Waals surface area (Å²) in [6.45, 7) is 6.49. The van der Waals surface area contributed by atoms with Gasteiger partial charge < -0.3 is 19.4 Å². The van der Waals surface area contributed by atoms with Crippen molar-refractivity contribution in [1.82, 2.24) is 4.57 Å². The molecule has 0 bridgehead atoms.